The van der Waals surface area contributed by atoms with Crippen LogP contribution < -0.4 is 5.56 Å². The number of hydrogen-bond acceptors (Lipinski definition) is 2. The number of nitrogens with zero attached hydrogens (tertiary/aromatic N) is 2. The minimum atomic E-state index is -0.101. The number of carbonyl (C=O) groups is 1. The van der Waals surface area contributed by atoms with E-state index in [0.717, 1.165) is 19.5 Å². The van der Waals surface area contributed by atoms with Gasteiger partial charge in [0.25, 0.3) is 5.91 Å². The fourth-order valence-electron chi connectivity index (χ4n) is 3.15. The van der Waals surface area contributed by atoms with Crippen molar-refractivity contribution in [2.24, 2.45) is 7.05 Å². The molecule has 0 radical (unpaired) electrons. The summed E-state index contributed by atoms with van der Waals surface area (Å²) in [7, 11) is 1.67. The lowest BCUT2D eigenvalue weighted by Gasteiger charge is -2.18. The van der Waals surface area contributed by atoms with E-state index in [9.17, 15) is 9.59 Å². The molecule has 1 fully saturated rings. The third-order valence-electron chi connectivity index (χ3n) is 4.44. The first-order valence-electron chi connectivity index (χ1n) is 7.58. The predicted octanol–water partition coefficient (Wildman–Crippen LogP) is 2.32. The molecule has 1 atom stereocenters. The van der Waals surface area contributed by atoms with Crippen LogP contribution in [0.5, 0.6) is 0 Å². The quantitative estimate of drug-likeness (QED) is 0.853. The van der Waals surface area contributed by atoms with Crippen molar-refractivity contribution in [3.63, 3.8) is 0 Å². The molecule has 4 heteroatoms. The van der Waals surface area contributed by atoms with Gasteiger partial charge < -0.3 is 9.47 Å². The summed E-state index contributed by atoms with van der Waals surface area (Å²) in [5.74, 6) is 0.407. The van der Waals surface area contributed by atoms with E-state index in [1.165, 1.54) is 21.8 Å². The highest BCUT2D eigenvalue weighted by Crippen LogP contribution is 2.29. The lowest BCUT2D eigenvalue weighted by atomic mass is 9.94. The molecule has 1 aromatic carbocycles. The molecule has 1 saturated heterocycles. The maximum Gasteiger partial charge on any atom is 0.255 e. The smallest absolute Gasteiger partial charge is 0.255 e. The average Bonchev–Trinajstić information content (AvgIpc) is 2.99. The average molecular weight is 296 g/mol. The van der Waals surface area contributed by atoms with Crippen molar-refractivity contribution in [2.75, 3.05) is 13.1 Å². The Morgan fingerprint density at radius 1 is 1.18 bits per heavy atom. The minimum Gasteiger partial charge on any atom is -0.338 e. The fraction of sp³-hybridized carbons (Fsp3) is 0.333. The third-order valence-corrected chi connectivity index (χ3v) is 4.44. The van der Waals surface area contributed by atoms with Crippen LogP contribution >= 0.6 is 0 Å². The molecular weight excluding hydrogens is 276 g/mol. The van der Waals surface area contributed by atoms with E-state index in [-0.39, 0.29) is 11.5 Å². The monoisotopic (exact) mass is 296 g/mol. The van der Waals surface area contributed by atoms with E-state index in [2.05, 4.69) is 25.1 Å². The summed E-state index contributed by atoms with van der Waals surface area (Å²) in [6, 6.07) is 11.4. The molecule has 2 heterocycles. The molecule has 3 rings (SSSR count). The molecule has 1 unspecified atom stereocenters. The second-order valence-corrected chi connectivity index (χ2v) is 5.96. The molecular formula is C18H20N2O2. The fourth-order valence-corrected chi connectivity index (χ4v) is 3.15. The Hall–Kier alpha value is -2.36. The van der Waals surface area contributed by atoms with Gasteiger partial charge in [-0.2, -0.15) is 0 Å². The number of aromatic nitrogens is 1. The Bertz CT molecular complexity index is 764. The third kappa shape index (κ3) is 2.69. The molecule has 1 amide bonds. The summed E-state index contributed by atoms with van der Waals surface area (Å²) in [5.41, 5.74) is 3.09. The van der Waals surface area contributed by atoms with Gasteiger partial charge in [0, 0.05) is 38.3 Å². The molecule has 1 aliphatic heterocycles. The van der Waals surface area contributed by atoms with Gasteiger partial charge in [-0.05, 0) is 30.5 Å². The number of aryl methyl sites for hydroxylation is 2. The number of benzene rings is 1. The van der Waals surface area contributed by atoms with Crippen LogP contribution in [0.1, 0.15) is 33.8 Å². The highest BCUT2D eigenvalue weighted by molar-refractivity contribution is 5.94. The summed E-state index contributed by atoms with van der Waals surface area (Å²) in [6.07, 6.45) is 2.61. The SMILES string of the molecule is Cc1ccccc1C1CCN(C(=O)c2ccc(=O)n(C)c2)C1. The van der Waals surface area contributed by atoms with Crippen LogP contribution in [0.25, 0.3) is 0 Å². The first kappa shape index (κ1) is 14.6. The van der Waals surface area contributed by atoms with Gasteiger partial charge in [-0.15, -0.1) is 0 Å². The van der Waals surface area contributed by atoms with Crippen molar-refractivity contribution in [3.05, 3.63) is 69.6 Å². The summed E-state index contributed by atoms with van der Waals surface area (Å²) in [4.78, 5) is 25.9. The minimum absolute atomic E-state index is 0.00619. The Morgan fingerprint density at radius 2 is 1.95 bits per heavy atom. The first-order chi connectivity index (χ1) is 10.6. The zero-order valence-corrected chi connectivity index (χ0v) is 13.0. The van der Waals surface area contributed by atoms with E-state index in [1.807, 2.05) is 11.0 Å². The number of hydrogen-bond donors (Lipinski definition) is 0. The molecule has 114 valence electrons. The van der Waals surface area contributed by atoms with Crippen LogP contribution in [0.15, 0.2) is 47.4 Å². The molecule has 0 aliphatic carbocycles. The van der Waals surface area contributed by atoms with Crippen LogP contribution in [0, 0.1) is 6.92 Å². The van der Waals surface area contributed by atoms with Gasteiger partial charge in [-0.25, -0.2) is 0 Å². The van der Waals surface area contributed by atoms with Gasteiger partial charge in [0.15, 0.2) is 0 Å². The molecule has 2 aromatic rings. The Labute approximate surface area is 130 Å². The van der Waals surface area contributed by atoms with Gasteiger partial charge >= 0.3 is 0 Å². The second kappa shape index (κ2) is 5.79. The molecule has 0 saturated carbocycles. The van der Waals surface area contributed by atoms with Crippen molar-refractivity contribution in [1.29, 1.82) is 0 Å². The Kier molecular flexibility index (Phi) is 3.84. The number of amides is 1. The van der Waals surface area contributed by atoms with Crippen molar-refractivity contribution in [3.8, 4) is 0 Å². The first-order valence-corrected chi connectivity index (χ1v) is 7.58. The maximum absolute atomic E-state index is 12.6. The normalized spacial score (nSPS) is 17.7. The lowest BCUT2D eigenvalue weighted by molar-refractivity contribution is 0.0790. The largest absolute Gasteiger partial charge is 0.338 e. The van der Waals surface area contributed by atoms with E-state index >= 15 is 0 Å². The second-order valence-electron chi connectivity index (χ2n) is 5.96. The van der Waals surface area contributed by atoms with Crippen LogP contribution in [-0.2, 0) is 7.05 Å². The van der Waals surface area contributed by atoms with E-state index in [0.29, 0.717) is 11.5 Å². The molecule has 0 bridgehead atoms. The van der Waals surface area contributed by atoms with Crippen LogP contribution in [0.4, 0.5) is 0 Å². The number of carbonyl (C=O) groups excluding carboxylic acids is 1. The molecule has 0 spiro atoms. The van der Waals surface area contributed by atoms with Crippen molar-refractivity contribution >= 4 is 5.91 Å². The van der Waals surface area contributed by atoms with Crippen LogP contribution in [0.2, 0.25) is 0 Å². The van der Waals surface area contributed by atoms with Crippen LogP contribution in [-0.4, -0.2) is 28.5 Å². The van der Waals surface area contributed by atoms with Crippen molar-refractivity contribution in [1.82, 2.24) is 9.47 Å². The van der Waals surface area contributed by atoms with Gasteiger partial charge in [0.1, 0.15) is 0 Å². The summed E-state index contributed by atoms with van der Waals surface area (Å²) in [5, 5.41) is 0. The standard InChI is InChI=1S/C18H20N2O2/c1-13-5-3-4-6-16(13)14-9-10-20(12-14)18(22)15-7-8-17(21)19(2)11-15/h3-8,11,14H,9-10,12H2,1-2H3. The molecule has 22 heavy (non-hydrogen) atoms. The molecule has 1 aliphatic rings. The lowest BCUT2D eigenvalue weighted by Crippen LogP contribution is -2.29. The van der Waals surface area contributed by atoms with E-state index in [1.54, 1.807) is 19.3 Å². The highest BCUT2D eigenvalue weighted by atomic mass is 16.2. The molecule has 1 aromatic heterocycles. The van der Waals surface area contributed by atoms with Crippen LogP contribution in [0.3, 0.4) is 0 Å². The van der Waals surface area contributed by atoms with Gasteiger partial charge in [-0.1, -0.05) is 24.3 Å². The van der Waals surface area contributed by atoms with Gasteiger partial charge in [0.2, 0.25) is 5.56 Å². The predicted molar refractivity (Wildman–Crippen MR) is 86.1 cm³/mol. The Morgan fingerprint density at radius 3 is 2.68 bits per heavy atom. The molecule has 4 nitrogen and oxygen atoms in total. The maximum atomic E-state index is 12.6. The van der Waals surface area contributed by atoms with Crippen molar-refractivity contribution < 1.29 is 4.79 Å². The summed E-state index contributed by atoms with van der Waals surface area (Å²) < 4.78 is 1.45. The molecule has 0 N–H and O–H groups in total. The number of likely N-dealkylation sites (tertiary alicyclic amines) is 1. The van der Waals surface area contributed by atoms with E-state index in [4.69, 9.17) is 0 Å². The van der Waals surface area contributed by atoms with Gasteiger partial charge in [-0.3, -0.25) is 9.59 Å². The summed E-state index contributed by atoms with van der Waals surface area (Å²) >= 11 is 0. The number of pyridine rings is 1. The zero-order chi connectivity index (χ0) is 15.7. The highest BCUT2D eigenvalue weighted by Gasteiger charge is 2.28. The summed E-state index contributed by atoms with van der Waals surface area (Å²) in [6.45, 7) is 3.62. The Balaban J connectivity index is 1.77. The van der Waals surface area contributed by atoms with Crippen molar-refractivity contribution in [2.45, 2.75) is 19.3 Å². The number of rotatable bonds is 2. The zero-order valence-electron chi connectivity index (χ0n) is 13.0. The van der Waals surface area contributed by atoms with E-state index < -0.39 is 0 Å². The topological polar surface area (TPSA) is 42.3 Å². The van der Waals surface area contributed by atoms with Gasteiger partial charge in [0.05, 0.1) is 5.56 Å².